The SMILES string of the molecule is O=C(NC1CCCCCC1)N1CCCc2ccccc21. The van der Waals surface area contributed by atoms with Crippen molar-refractivity contribution in [2.24, 2.45) is 0 Å². The molecule has 1 aliphatic heterocycles. The number of aryl methyl sites for hydroxylation is 1. The van der Waals surface area contributed by atoms with Gasteiger partial charge < -0.3 is 5.32 Å². The number of carbonyl (C=O) groups is 1. The molecule has 1 aromatic rings. The number of carbonyl (C=O) groups excluding carboxylic acids is 1. The summed E-state index contributed by atoms with van der Waals surface area (Å²) >= 11 is 0. The van der Waals surface area contributed by atoms with Gasteiger partial charge in [0.2, 0.25) is 0 Å². The molecule has 2 aliphatic rings. The Kier molecular flexibility index (Phi) is 4.24. The number of rotatable bonds is 1. The molecule has 108 valence electrons. The van der Waals surface area contributed by atoms with E-state index in [1.54, 1.807) is 0 Å². The Balaban J connectivity index is 1.68. The highest BCUT2D eigenvalue weighted by Crippen LogP contribution is 2.27. The maximum atomic E-state index is 12.6. The molecule has 0 saturated heterocycles. The van der Waals surface area contributed by atoms with Gasteiger partial charge in [-0.25, -0.2) is 4.79 Å². The normalized spacial score (nSPS) is 20.1. The van der Waals surface area contributed by atoms with Crippen molar-refractivity contribution in [2.75, 3.05) is 11.4 Å². The fraction of sp³-hybridized carbons (Fsp3) is 0.588. The van der Waals surface area contributed by atoms with Crippen LogP contribution in [0.5, 0.6) is 0 Å². The van der Waals surface area contributed by atoms with E-state index in [0.717, 1.165) is 37.9 Å². The lowest BCUT2D eigenvalue weighted by atomic mass is 10.0. The molecule has 0 atom stereocenters. The highest BCUT2D eigenvalue weighted by molar-refractivity contribution is 5.93. The minimum atomic E-state index is 0.101. The lowest BCUT2D eigenvalue weighted by molar-refractivity contribution is 0.240. The second-order valence-electron chi connectivity index (χ2n) is 6.02. The number of para-hydroxylation sites is 1. The molecule has 3 nitrogen and oxygen atoms in total. The molecule has 0 aromatic heterocycles. The van der Waals surface area contributed by atoms with Crippen LogP contribution in [0.2, 0.25) is 0 Å². The fourth-order valence-electron chi connectivity index (χ4n) is 3.42. The smallest absolute Gasteiger partial charge is 0.322 e. The molecule has 1 heterocycles. The van der Waals surface area contributed by atoms with E-state index in [2.05, 4.69) is 23.5 Å². The van der Waals surface area contributed by atoms with Crippen LogP contribution in [0.15, 0.2) is 24.3 Å². The molecule has 1 fully saturated rings. The van der Waals surface area contributed by atoms with E-state index in [0.29, 0.717) is 6.04 Å². The minimum absolute atomic E-state index is 0.101. The highest BCUT2D eigenvalue weighted by Gasteiger charge is 2.24. The number of hydrogen-bond donors (Lipinski definition) is 1. The molecular formula is C17H24N2O. The van der Waals surface area contributed by atoms with Gasteiger partial charge in [0.25, 0.3) is 0 Å². The van der Waals surface area contributed by atoms with E-state index in [4.69, 9.17) is 0 Å². The van der Waals surface area contributed by atoms with Crippen molar-refractivity contribution in [1.29, 1.82) is 0 Å². The summed E-state index contributed by atoms with van der Waals surface area (Å²) in [6.45, 7) is 0.843. The van der Waals surface area contributed by atoms with Crippen molar-refractivity contribution in [2.45, 2.75) is 57.4 Å². The maximum absolute atomic E-state index is 12.6. The van der Waals surface area contributed by atoms with Gasteiger partial charge in [0.05, 0.1) is 0 Å². The number of anilines is 1. The van der Waals surface area contributed by atoms with Crippen LogP contribution in [0, 0.1) is 0 Å². The summed E-state index contributed by atoms with van der Waals surface area (Å²) in [6.07, 6.45) is 9.57. The van der Waals surface area contributed by atoms with Crippen molar-refractivity contribution < 1.29 is 4.79 Å². The van der Waals surface area contributed by atoms with Crippen LogP contribution < -0.4 is 10.2 Å². The summed E-state index contributed by atoms with van der Waals surface area (Å²) in [5.41, 5.74) is 2.40. The molecule has 0 bridgehead atoms. The molecule has 1 aliphatic carbocycles. The van der Waals surface area contributed by atoms with Crippen LogP contribution in [0.4, 0.5) is 10.5 Å². The third-order valence-electron chi connectivity index (χ3n) is 4.54. The van der Waals surface area contributed by atoms with Gasteiger partial charge in [0.1, 0.15) is 0 Å². The second-order valence-corrected chi connectivity index (χ2v) is 6.02. The van der Waals surface area contributed by atoms with Gasteiger partial charge in [0.15, 0.2) is 0 Å². The summed E-state index contributed by atoms with van der Waals surface area (Å²) in [4.78, 5) is 14.5. The first-order chi connectivity index (χ1) is 9.84. The van der Waals surface area contributed by atoms with Crippen LogP contribution in [-0.4, -0.2) is 18.6 Å². The number of fused-ring (bicyclic) bond motifs is 1. The van der Waals surface area contributed by atoms with Gasteiger partial charge in [-0.15, -0.1) is 0 Å². The quantitative estimate of drug-likeness (QED) is 0.773. The third kappa shape index (κ3) is 2.97. The molecule has 1 N–H and O–H groups in total. The van der Waals surface area contributed by atoms with Crippen molar-refractivity contribution in [3.8, 4) is 0 Å². The topological polar surface area (TPSA) is 32.3 Å². The molecule has 2 amide bonds. The fourth-order valence-corrected chi connectivity index (χ4v) is 3.42. The third-order valence-corrected chi connectivity index (χ3v) is 4.54. The van der Waals surface area contributed by atoms with Crippen molar-refractivity contribution >= 4 is 11.7 Å². The van der Waals surface area contributed by atoms with Crippen molar-refractivity contribution in [3.05, 3.63) is 29.8 Å². The lowest BCUT2D eigenvalue weighted by Crippen LogP contribution is -2.46. The number of benzene rings is 1. The Hall–Kier alpha value is -1.51. The summed E-state index contributed by atoms with van der Waals surface area (Å²) in [5, 5.41) is 3.26. The zero-order valence-corrected chi connectivity index (χ0v) is 12.1. The first kappa shape index (κ1) is 13.5. The van der Waals surface area contributed by atoms with Crippen molar-refractivity contribution in [1.82, 2.24) is 5.32 Å². The Morgan fingerprint density at radius 3 is 2.60 bits per heavy atom. The monoisotopic (exact) mass is 272 g/mol. The molecule has 1 aromatic carbocycles. The Morgan fingerprint density at radius 1 is 1.05 bits per heavy atom. The summed E-state index contributed by atoms with van der Waals surface area (Å²) in [7, 11) is 0. The van der Waals surface area contributed by atoms with Gasteiger partial charge >= 0.3 is 6.03 Å². The predicted molar refractivity (Wildman–Crippen MR) is 82.1 cm³/mol. The summed E-state index contributed by atoms with van der Waals surface area (Å²) in [6, 6.07) is 8.77. The Labute approximate surface area is 121 Å². The lowest BCUT2D eigenvalue weighted by Gasteiger charge is -2.31. The van der Waals surface area contributed by atoms with E-state index in [1.807, 2.05) is 11.0 Å². The van der Waals surface area contributed by atoms with Gasteiger partial charge in [-0.05, 0) is 37.3 Å². The molecule has 3 heteroatoms. The molecule has 3 rings (SSSR count). The van der Waals surface area contributed by atoms with E-state index in [1.165, 1.54) is 31.2 Å². The van der Waals surface area contributed by atoms with Crippen LogP contribution in [0.1, 0.15) is 50.5 Å². The Morgan fingerprint density at radius 2 is 1.80 bits per heavy atom. The summed E-state index contributed by atoms with van der Waals surface area (Å²) in [5.74, 6) is 0. The van der Waals surface area contributed by atoms with Gasteiger partial charge in [-0.3, -0.25) is 4.90 Å². The Bertz CT molecular complexity index is 464. The molecule has 20 heavy (non-hydrogen) atoms. The van der Waals surface area contributed by atoms with Gasteiger partial charge in [0, 0.05) is 18.3 Å². The first-order valence-electron chi connectivity index (χ1n) is 8.00. The van der Waals surface area contributed by atoms with Gasteiger partial charge in [-0.2, -0.15) is 0 Å². The average Bonchev–Trinajstić information content (AvgIpc) is 2.75. The van der Waals surface area contributed by atoms with Crippen LogP contribution >= 0.6 is 0 Å². The molecular weight excluding hydrogens is 248 g/mol. The first-order valence-corrected chi connectivity index (χ1v) is 8.00. The number of nitrogens with one attached hydrogen (secondary N) is 1. The van der Waals surface area contributed by atoms with E-state index in [-0.39, 0.29) is 6.03 Å². The largest absolute Gasteiger partial charge is 0.335 e. The molecule has 0 unspecified atom stereocenters. The predicted octanol–water partition coefficient (Wildman–Crippen LogP) is 3.87. The zero-order chi connectivity index (χ0) is 13.8. The van der Waals surface area contributed by atoms with Crippen LogP contribution in [0.3, 0.4) is 0 Å². The highest BCUT2D eigenvalue weighted by atomic mass is 16.2. The molecule has 0 radical (unpaired) electrons. The van der Waals surface area contributed by atoms with Crippen LogP contribution in [0.25, 0.3) is 0 Å². The molecule has 0 spiro atoms. The number of urea groups is 1. The second kappa shape index (κ2) is 6.29. The van der Waals surface area contributed by atoms with E-state index in [9.17, 15) is 4.79 Å². The average molecular weight is 272 g/mol. The van der Waals surface area contributed by atoms with E-state index < -0.39 is 0 Å². The summed E-state index contributed by atoms with van der Waals surface area (Å²) < 4.78 is 0. The maximum Gasteiger partial charge on any atom is 0.322 e. The zero-order valence-electron chi connectivity index (χ0n) is 12.1. The van der Waals surface area contributed by atoms with Crippen molar-refractivity contribution in [3.63, 3.8) is 0 Å². The van der Waals surface area contributed by atoms with Crippen LogP contribution in [-0.2, 0) is 6.42 Å². The number of amides is 2. The van der Waals surface area contributed by atoms with E-state index >= 15 is 0 Å². The molecule has 1 saturated carbocycles. The van der Waals surface area contributed by atoms with Gasteiger partial charge in [-0.1, -0.05) is 43.9 Å². The number of nitrogens with zero attached hydrogens (tertiary/aromatic N) is 1. The standard InChI is InChI=1S/C17H24N2O/c20-17(18-15-10-3-1-2-4-11-15)19-13-7-9-14-8-5-6-12-16(14)19/h5-6,8,12,15H,1-4,7,9-11,13H2,(H,18,20). The number of hydrogen-bond acceptors (Lipinski definition) is 1. The minimum Gasteiger partial charge on any atom is -0.335 e.